The van der Waals surface area contributed by atoms with E-state index in [4.69, 9.17) is 25.3 Å². The standard InChI is InChI=1S/C30H45N8O18P3S/c1-30(2,24(42)27(43)34-9-8-18(39)33-10-11-60-29(44)21(40)19(31)16-6-4-3-5-7-16)13-53-59(50,51)56-58(48,49)52-12-17-23(55-57(45,46)47)22(41)28(54-17)38-15-37-20-25(32)35-14-36-26(20)38/h3-7,14-15,17,19,21-24,28,40-42H,8-13,31H2,1-2H3,(H,33,39)(H,34,43)(H,48,49)(H,50,51)(H2,32,35,36)(H2,45,46,47)/t17-,19?,21?,22-,23-,24+,28-/m1/s1. The molecule has 4 unspecified atom stereocenters. The van der Waals surface area contributed by atoms with Gasteiger partial charge < -0.3 is 61.7 Å². The number of phosphoric ester groups is 3. The van der Waals surface area contributed by atoms with E-state index in [0.29, 0.717) is 5.56 Å². The lowest BCUT2D eigenvalue weighted by molar-refractivity contribution is -0.137. The van der Waals surface area contributed by atoms with Gasteiger partial charge in [-0.1, -0.05) is 55.9 Å². The van der Waals surface area contributed by atoms with Crippen LogP contribution >= 0.6 is 35.2 Å². The van der Waals surface area contributed by atoms with E-state index in [1.165, 1.54) is 13.8 Å². The van der Waals surface area contributed by atoms with Crippen molar-refractivity contribution in [2.24, 2.45) is 11.1 Å². The summed E-state index contributed by atoms with van der Waals surface area (Å²) in [6.07, 6.45) is -8.57. The van der Waals surface area contributed by atoms with Gasteiger partial charge in [0, 0.05) is 30.7 Å². The number of imidazole rings is 1. The maximum absolute atomic E-state index is 12.7. The van der Waals surface area contributed by atoms with Crippen molar-refractivity contribution >= 4 is 69.1 Å². The van der Waals surface area contributed by atoms with Crippen molar-refractivity contribution in [2.75, 3.05) is 37.8 Å². The molecule has 1 fully saturated rings. The van der Waals surface area contributed by atoms with Crippen LogP contribution in [-0.2, 0) is 50.7 Å². The van der Waals surface area contributed by atoms with Crippen LogP contribution in [0.1, 0.15) is 38.1 Å². The molecule has 13 N–H and O–H groups in total. The molecule has 4 rings (SSSR count). The Morgan fingerprint density at radius 1 is 1.00 bits per heavy atom. The normalized spacial score (nSPS) is 22.0. The van der Waals surface area contributed by atoms with Crippen LogP contribution in [0.3, 0.4) is 0 Å². The van der Waals surface area contributed by atoms with Crippen LogP contribution in [0.25, 0.3) is 11.2 Å². The number of benzene rings is 1. The number of ether oxygens (including phenoxy) is 1. The number of aliphatic hydroxyl groups is 3. The highest BCUT2D eigenvalue weighted by Crippen LogP contribution is 2.61. The predicted octanol–water partition coefficient (Wildman–Crippen LogP) is -1.27. The molecular formula is C30H45N8O18P3S. The Kier molecular flexibility index (Phi) is 17.0. The Labute approximate surface area is 344 Å². The third kappa shape index (κ3) is 13.9. The summed E-state index contributed by atoms with van der Waals surface area (Å²) in [4.78, 5) is 88.1. The number of thioether (sulfide) groups is 1. The van der Waals surface area contributed by atoms with Crippen LogP contribution in [0.15, 0.2) is 43.0 Å². The SMILES string of the molecule is CC(C)(COP(=O)(O)OP(=O)(O)OC[C@H]1O[C@@H](n2cnc3c(N)ncnc32)[C@H](O)[C@@H]1OP(=O)(O)O)[C@@H](O)C(=O)NCCC(=O)NCCSC(=O)C(O)C(N)c1ccccc1. The van der Waals surface area contributed by atoms with Crippen molar-refractivity contribution in [3.63, 3.8) is 0 Å². The molecule has 0 spiro atoms. The van der Waals surface area contributed by atoms with Gasteiger partial charge in [0.2, 0.25) is 16.9 Å². The van der Waals surface area contributed by atoms with Crippen molar-refractivity contribution in [2.45, 2.75) is 63.1 Å². The maximum Gasteiger partial charge on any atom is 0.481 e. The summed E-state index contributed by atoms with van der Waals surface area (Å²) >= 11 is 0.771. The number of nitrogens with one attached hydrogen (secondary N) is 2. The highest BCUT2D eigenvalue weighted by atomic mass is 32.2. The van der Waals surface area contributed by atoms with Crippen LogP contribution < -0.4 is 22.1 Å². The number of hydrogen-bond donors (Lipinski definition) is 11. The lowest BCUT2D eigenvalue weighted by atomic mass is 9.87. The Morgan fingerprint density at radius 3 is 2.33 bits per heavy atom. The highest BCUT2D eigenvalue weighted by Gasteiger charge is 2.50. The molecule has 1 aromatic carbocycles. The quantitative estimate of drug-likeness (QED) is 0.0413. The van der Waals surface area contributed by atoms with Gasteiger partial charge in [0.25, 0.3) is 0 Å². The van der Waals surface area contributed by atoms with Crippen LogP contribution in [0.5, 0.6) is 0 Å². The topological polar surface area (TPSA) is 410 Å². The molecule has 0 bridgehead atoms. The van der Waals surface area contributed by atoms with Gasteiger partial charge in [0.15, 0.2) is 17.7 Å². The smallest absolute Gasteiger partial charge is 0.386 e. The van der Waals surface area contributed by atoms with Gasteiger partial charge in [-0.2, -0.15) is 4.31 Å². The van der Waals surface area contributed by atoms with Gasteiger partial charge in [0.1, 0.15) is 42.4 Å². The van der Waals surface area contributed by atoms with Gasteiger partial charge in [-0.05, 0) is 5.56 Å². The summed E-state index contributed by atoms with van der Waals surface area (Å²) in [5, 5.41) is 36.0. The fraction of sp³-hybridized carbons (Fsp3) is 0.533. The van der Waals surface area contributed by atoms with E-state index in [9.17, 15) is 63.0 Å². The van der Waals surface area contributed by atoms with Crippen molar-refractivity contribution in [3.8, 4) is 0 Å². The Hall–Kier alpha value is -3.30. The second-order valence-corrected chi connectivity index (χ2v) is 19.0. The van der Waals surface area contributed by atoms with Gasteiger partial charge in [-0.15, -0.1) is 0 Å². The molecule has 0 saturated carbocycles. The number of carbonyl (C=O) groups excluding carboxylic acids is 3. The number of anilines is 1. The number of nitrogens with two attached hydrogens (primary N) is 2. The van der Waals surface area contributed by atoms with E-state index in [2.05, 4.69) is 34.4 Å². The second-order valence-electron chi connectivity index (χ2n) is 13.6. The molecule has 1 saturated heterocycles. The molecule has 60 heavy (non-hydrogen) atoms. The molecule has 30 heteroatoms. The van der Waals surface area contributed by atoms with Crippen molar-refractivity contribution in [1.29, 1.82) is 0 Å². The molecule has 9 atom stereocenters. The number of carbonyl (C=O) groups is 3. The van der Waals surface area contributed by atoms with Gasteiger partial charge in [-0.3, -0.25) is 32.5 Å². The van der Waals surface area contributed by atoms with Gasteiger partial charge in [0.05, 0.1) is 25.6 Å². The molecule has 26 nitrogen and oxygen atoms in total. The minimum Gasteiger partial charge on any atom is -0.386 e. The summed E-state index contributed by atoms with van der Waals surface area (Å²) in [5.41, 5.74) is 10.7. The second kappa shape index (κ2) is 20.7. The number of phosphoric acid groups is 3. The van der Waals surface area contributed by atoms with E-state index in [1.807, 2.05) is 0 Å². The predicted molar refractivity (Wildman–Crippen MR) is 206 cm³/mol. The number of aliphatic hydroxyl groups excluding tert-OH is 3. The first-order valence-corrected chi connectivity index (χ1v) is 23.0. The van der Waals surface area contributed by atoms with E-state index in [-0.39, 0.29) is 42.2 Å². The molecule has 2 amide bonds. The number of rotatable bonds is 22. The minimum atomic E-state index is -5.59. The van der Waals surface area contributed by atoms with E-state index in [1.54, 1.807) is 30.3 Å². The lowest BCUT2D eigenvalue weighted by Gasteiger charge is -2.30. The van der Waals surface area contributed by atoms with Crippen LogP contribution in [0, 0.1) is 5.41 Å². The van der Waals surface area contributed by atoms with Crippen LogP contribution in [-0.4, -0.2) is 134 Å². The van der Waals surface area contributed by atoms with Crippen LogP contribution in [0.2, 0.25) is 0 Å². The molecule has 0 aliphatic carbocycles. The average Bonchev–Trinajstić information content (AvgIpc) is 3.74. The first-order chi connectivity index (χ1) is 27.9. The van der Waals surface area contributed by atoms with E-state index < -0.39 is 102 Å². The molecule has 2 aromatic heterocycles. The Morgan fingerprint density at radius 2 is 1.67 bits per heavy atom. The number of aromatic nitrogens is 4. The highest BCUT2D eigenvalue weighted by molar-refractivity contribution is 8.13. The number of nitrogens with zero attached hydrogens (tertiary/aromatic N) is 4. The minimum absolute atomic E-state index is 0.0209. The molecule has 3 aromatic rings. The largest absolute Gasteiger partial charge is 0.481 e. The van der Waals surface area contributed by atoms with Crippen LogP contribution in [0.4, 0.5) is 5.82 Å². The monoisotopic (exact) mass is 930 g/mol. The van der Waals surface area contributed by atoms with Gasteiger partial charge in [-0.25, -0.2) is 28.6 Å². The lowest BCUT2D eigenvalue weighted by Crippen LogP contribution is -2.46. The first-order valence-electron chi connectivity index (χ1n) is 17.5. The molecule has 1 aliphatic heterocycles. The van der Waals surface area contributed by atoms with E-state index in [0.717, 1.165) is 29.0 Å². The van der Waals surface area contributed by atoms with Crippen molar-refractivity contribution in [1.82, 2.24) is 30.2 Å². The van der Waals surface area contributed by atoms with E-state index >= 15 is 0 Å². The molecule has 3 heterocycles. The summed E-state index contributed by atoms with van der Waals surface area (Å²) in [6.45, 7) is 0.176. The average molecular weight is 931 g/mol. The zero-order chi connectivity index (χ0) is 44.6. The number of fused-ring (bicyclic) bond motifs is 1. The van der Waals surface area contributed by atoms with Crippen molar-refractivity contribution in [3.05, 3.63) is 48.5 Å². The summed E-state index contributed by atoms with van der Waals surface area (Å²) < 4.78 is 62.2. The Bertz CT molecular complexity index is 2110. The third-order valence-electron chi connectivity index (χ3n) is 8.51. The first kappa shape index (κ1) is 49.4. The molecular weight excluding hydrogens is 885 g/mol. The third-order valence-corrected chi connectivity index (χ3v) is 12.5. The number of nitrogen functional groups attached to an aromatic ring is 1. The fourth-order valence-electron chi connectivity index (χ4n) is 5.37. The summed E-state index contributed by atoms with van der Waals surface area (Å²) in [6, 6.07) is 7.61. The maximum atomic E-state index is 12.7. The molecule has 0 radical (unpaired) electrons. The number of amides is 2. The van der Waals surface area contributed by atoms with Crippen molar-refractivity contribution < 1.29 is 85.6 Å². The Balaban J connectivity index is 1.20. The zero-order valence-corrected chi connectivity index (χ0v) is 35.1. The van der Waals surface area contributed by atoms with Gasteiger partial charge >= 0.3 is 23.5 Å². The fourth-order valence-corrected chi connectivity index (χ4v) is 8.92. The summed E-state index contributed by atoms with van der Waals surface area (Å²) in [5.74, 6) is -1.48. The summed E-state index contributed by atoms with van der Waals surface area (Å²) in [7, 11) is -16.5. The molecule has 1 aliphatic rings. The zero-order valence-electron chi connectivity index (χ0n) is 31.6. The molecule has 334 valence electrons. The number of hydrogen-bond acceptors (Lipinski definition) is 20.